The number of anilines is 1. The van der Waals surface area contributed by atoms with Crippen molar-refractivity contribution in [3.05, 3.63) is 96.4 Å². The van der Waals surface area contributed by atoms with E-state index < -0.39 is 0 Å². The van der Waals surface area contributed by atoms with E-state index in [9.17, 15) is 9.90 Å². The summed E-state index contributed by atoms with van der Waals surface area (Å²) in [4.78, 5) is 23.6. The van der Waals surface area contributed by atoms with Crippen molar-refractivity contribution in [1.82, 2.24) is 14.9 Å². The fourth-order valence-electron chi connectivity index (χ4n) is 3.37. The second kappa shape index (κ2) is 9.15. The quantitative estimate of drug-likeness (QED) is 0.492. The van der Waals surface area contributed by atoms with Crippen molar-refractivity contribution < 1.29 is 9.90 Å². The number of para-hydroxylation sites is 2. The average molecular weight is 398 g/mol. The van der Waals surface area contributed by atoms with Gasteiger partial charge in [0, 0.05) is 36.4 Å². The maximum Gasteiger partial charge on any atom is 0.238 e. The molecule has 0 unspecified atom stereocenters. The standard InChI is InChI=1S/C24H22N4O2/c29-22-12-2-1-7-19(22)15-28(16-20-10-3-4-13-25-20)17-23(30)27-21-11-5-8-18-9-6-14-26-24(18)21/h1-14,29H,15-17H2,(H,27,30). The predicted octanol–water partition coefficient (Wildman–Crippen LogP) is 3.98. The summed E-state index contributed by atoms with van der Waals surface area (Å²) in [6, 6.07) is 22.4. The lowest BCUT2D eigenvalue weighted by Gasteiger charge is -2.22. The number of amides is 1. The topological polar surface area (TPSA) is 78.4 Å². The molecule has 2 aromatic heterocycles. The van der Waals surface area contributed by atoms with Gasteiger partial charge in [-0.05, 0) is 30.3 Å². The van der Waals surface area contributed by atoms with Gasteiger partial charge in [-0.2, -0.15) is 0 Å². The van der Waals surface area contributed by atoms with Gasteiger partial charge in [-0.3, -0.25) is 19.7 Å². The number of aromatic hydroxyl groups is 1. The third-order valence-corrected chi connectivity index (χ3v) is 4.77. The van der Waals surface area contributed by atoms with Crippen LogP contribution in [-0.4, -0.2) is 32.4 Å². The molecule has 2 N–H and O–H groups in total. The van der Waals surface area contributed by atoms with Crippen molar-refractivity contribution in [2.45, 2.75) is 13.1 Å². The molecule has 0 fully saturated rings. The highest BCUT2D eigenvalue weighted by molar-refractivity contribution is 6.00. The van der Waals surface area contributed by atoms with Crippen LogP contribution in [0.3, 0.4) is 0 Å². The molecule has 2 aromatic carbocycles. The van der Waals surface area contributed by atoms with Crippen molar-refractivity contribution in [1.29, 1.82) is 0 Å². The van der Waals surface area contributed by atoms with Crippen molar-refractivity contribution in [3.63, 3.8) is 0 Å². The number of benzene rings is 2. The smallest absolute Gasteiger partial charge is 0.238 e. The summed E-state index contributed by atoms with van der Waals surface area (Å²) in [5, 5.41) is 14.1. The molecular formula is C24H22N4O2. The lowest BCUT2D eigenvalue weighted by atomic mass is 10.1. The largest absolute Gasteiger partial charge is 0.508 e. The minimum Gasteiger partial charge on any atom is -0.508 e. The van der Waals surface area contributed by atoms with Crippen LogP contribution in [0, 0.1) is 0 Å². The third kappa shape index (κ3) is 4.79. The zero-order chi connectivity index (χ0) is 20.8. The highest BCUT2D eigenvalue weighted by atomic mass is 16.3. The Morgan fingerprint density at radius 1 is 0.867 bits per heavy atom. The number of pyridine rings is 2. The summed E-state index contributed by atoms with van der Waals surface area (Å²) in [7, 11) is 0. The van der Waals surface area contributed by atoms with E-state index in [1.807, 2.05) is 65.6 Å². The lowest BCUT2D eigenvalue weighted by molar-refractivity contribution is -0.117. The zero-order valence-electron chi connectivity index (χ0n) is 16.4. The number of phenolic OH excluding ortho intramolecular Hbond substituents is 1. The van der Waals surface area contributed by atoms with Crippen LogP contribution in [0.2, 0.25) is 0 Å². The van der Waals surface area contributed by atoms with E-state index in [1.54, 1.807) is 24.5 Å². The van der Waals surface area contributed by atoms with Crippen LogP contribution in [0.1, 0.15) is 11.3 Å². The van der Waals surface area contributed by atoms with Crippen molar-refractivity contribution in [2.75, 3.05) is 11.9 Å². The monoisotopic (exact) mass is 398 g/mol. The van der Waals surface area contributed by atoms with Crippen molar-refractivity contribution in [2.24, 2.45) is 0 Å². The van der Waals surface area contributed by atoms with E-state index in [-0.39, 0.29) is 18.2 Å². The van der Waals surface area contributed by atoms with Gasteiger partial charge in [0.2, 0.25) is 5.91 Å². The summed E-state index contributed by atoms with van der Waals surface area (Å²) in [5.74, 6) is 0.0571. The van der Waals surface area contributed by atoms with Crippen molar-refractivity contribution >= 4 is 22.5 Å². The predicted molar refractivity (Wildman–Crippen MR) is 117 cm³/mol. The first-order valence-corrected chi connectivity index (χ1v) is 9.72. The highest BCUT2D eigenvalue weighted by Crippen LogP contribution is 2.21. The first-order valence-electron chi connectivity index (χ1n) is 9.72. The number of aromatic nitrogens is 2. The van der Waals surface area contributed by atoms with Gasteiger partial charge >= 0.3 is 0 Å². The fourth-order valence-corrected chi connectivity index (χ4v) is 3.37. The SMILES string of the molecule is O=C(CN(Cc1ccccn1)Cc1ccccc1O)Nc1cccc2cccnc12. The Morgan fingerprint density at radius 2 is 1.67 bits per heavy atom. The van der Waals surface area contributed by atoms with Gasteiger partial charge in [0.1, 0.15) is 5.75 Å². The fraction of sp³-hybridized carbons (Fsp3) is 0.125. The van der Waals surface area contributed by atoms with Gasteiger partial charge in [-0.1, -0.05) is 42.5 Å². The Hall–Kier alpha value is -3.77. The summed E-state index contributed by atoms with van der Waals surface area (Å²) >= 11 is 0. The Morgan fingerprint density at radius 3 is 2.50 bits per heavy atom. The number of nitrogens with zero attached hydrogens (tertiary/aromatic N) is 3. The molecule has 0 aliphatic rings. The number of carbonyl (C=O) groups excluding carboxylic acids is 1. The number of rotatable bonds is 7. The summed E-state index contributed by atoms with van der Waals surface area (Å²) in [6.45, 7) is 1.05. The van der Waals surface area contributed by atoms with Gasteiger partial charge in [-0.25, -0.2) is 0 Å². The molecule has 1 amide bonds. The number of hydrogen-bond donors (Lipinski definition) is 2. The number of phenols is 1. The molecule has 4 rings (SSSR count). The van der Waals surface area contributed by atoms with Crippen LogP contribution in [0.25, 0.3) is 10.9 Å². The van der Waals surface area contributed by atoms with Crippen LogP contribution < -0.4 is 5.32 Å². The normalized spacial score (nSPS) is 11.0. The van der Waals surface area contributed by atoms with Crippen LogP contribution in [-0.2, 0) is 17.9 Å². The molecule has 0 aliphatic carbocycles. The van der Waals surface area contributed by atoms with Gasteiger partial charge in [0.25, 0.3) is 0 Å². The summed E-state index contributed by atoms with van der Waals surface area (Å²) in [5.41, 5.74) is 3.05. The van der Waals surface area contributed by atoms with Gasteiger partial charge in [-0.15, -0.1) is 0 Å². The Balaban J connectivity index is 1.52. The van der Waals surface area contributed by atoms with E-state index in [1.165, 1.54) is 0 Å². The molecule has 6 heteroatoms. The molecule has 0 spiro atoms. The molecular weight excluding hydrogens is 376 g/mol. The van der Waals surface area contributed by atoms with Gasteiger partial charge in [0.05, 0.1) is 23.4 Å². The summed E-state index contributed by atoms with van der Waals surface area (Å²) in [6.07, 6.45) is 3.44. The van der Waals surface area contributed by atoms with Gasteiger partial charge in [0.15, 0.2) is 0 Å². The second-order valence-corrected chi connectivity index (χ2v) is 7.02. The molecule has 0 bridgehead atoms. The molecule has 4 aromatic rings. The molecule has 0 saturated heterocycles. The van der Waals surface area contributed by atoms with E-state index in [0.717, 1.165) is 22.2 Å². The van der Waals surface area contributed by atoms with E-state index in [0.29, 0.717) is 18.8 Å². The van der Waals surface area contributed by atoms with Crippen molar-refractivity contribution in [3.8, 4) is 5.75 Å². The van der Waals surface area contributed by atoms with E-state index in [4.69, 9.17) is 0 Å². The molecule has 0 radical (unpaired) electrons. The number of nitrogens with one attached hydrogen (secondary N) is 1. The molecule has 0 saturated carbocycles. The highest BCUT2D eigenvalue weighted by Gasteiger charge is 2.15. The molecule has 150 valence electrons. The lowest BCUT2D eigenvalue weighted by Crippen LogP contribution is -2.33. The Bertz CT molecular complexity index is 1140. The number of fused-ring (bicyclic) bond motifs is 1. The molecule has 0 atom stereocenters. The number of carbonyl (C=O) groups is 1. The maximum atomic E-state index is 12.9. The van der Waals surface area contributed by atoms with E-state index in [2.05, 4.69) is 15.3 Å². The maximum absolute atomic E-state index is 12.9. The summed E-state index contributed by atoms with van der Waals surface area (Å²) < 4.78 is 0. The van der Waals surface area contributed by atoms with E-state index >= 15 is 0 Å². The first-order chi connectivity index (χ1) is 14.7. The third-order valence-electron chi connectivity index (χ3n) is 4.77. The Kier molecular flexibility index (Phi) is 5.96. The van der Waals surface area contributed by atoms with Crippen LogP contribution in [0.15, 0.2) is 85.2 Å². The molecule has 0 aliphatic heterocycles. The zero-order valence-corrected chi connectivity index (χ0v) is 16.4. The van der Waals surface area contributed by atoms with Crippen LogP contribution in [0.4, 0.5) is 5.69 Å². The average Bonchev–Trinajstić information content (AvgIpc) is 2.76. The molecule has 30 heavy (non-hydrogen) atoms. The minimum absolute atomic E-state index is 0.147. The van der Waals surface area contributed by atoms with Gasteiger partial charge < -0.3 is 10.4 Å². The number of hydrogen-bond acceptors (Lipinski definition) is 5. The molecule has 2 heterocycles. The minimum atomic E-state index is -0.153. The molecule has 6 nitrogen and oxygen atoms in total. The van der Waals surface area contributed by atoms with Crippen LogP contribution in [0.5, 0.6) is 5.75 Å². The second-order valence-electron chi connectivity index (χ2n) is 7.02. The first kappa shape index (κ1) is 19.5. The van der Waals surface area contributed by atoms with Crippen LogP contribution >= 0.6 is 0 Å². The Labute approximate surface area is 174 Å².